The highest BCUT2D eigenvalue weighted by Crippen LogP contribution is 2.29. The quantitative estimate of drug-likeness (QED) is 0.283. The lowest BCUT2D eigenvalue weighted by molar-refractivity contribution is 0.215. The van der Waals surface area contributed by atoms with Crippen molar-refractivity contribution in [3.8, 4) is 0 Å². The molecule has 38 heavy (non-hydrogen) atoms. The smallest absolute Gasteiger partial charge is 0.355 e. The first-order valence-electron chi connectivity index (χ1n) is 10.9. The summed E-state index contributed by atoms with van der Waals surface area (Å²) in [5, 5.41) is 10.6. The molecule has 2 aromatic carbocycles. The number of benzene rings is 2. The molecule has 0 saturated heterocycles. The third-order valence-corrected chi connectivity index (χ3v) is 6.02. The second kappa shape index (κ2) is 9.63. The number of allylic oxidation sites excluding steroid dienone is 1. The van der Waals surface area contributed by atoms with Gasteiger partial charge in [-0.2, -0.15) is 10.1 Å². The number of ether oxygens (including phenoxy) is 1. The summed E-state index contributed by atoms with van der Waals surface area (Å²) in [5.41, 5.74) is -1.52. The van der Waals surface area contributed by atoms with Crippen molar-refractivity contribution in [2.24, 2.45) is 7.05 Å². The largest absolute Gasteiger partial charge is 0.495 e. The molecule has 1 atom stereocenters. The molecule has 3 heterocycles. The lowest BCUT2D eigenvalue weighted by atomic mass is 10.1. The molecule has 190 valence electrons. The summed E-state index contributed by atoms with van der Waals surface area (Å²) in [6, 6.07) is 4.13. The van der Waals surface area contributed by atoms with Gasteiger partial charge in [0, 0.05) is 30.3 Å². The highest BCUT2D eigenvalue weighted by Gasteiger charge is 2.22. The first-order chi connectivity index (χ1) is 18.0. The Hall–Kier alpha value is -4.13. The van der Waals surface area contributed by atoms with E-state index < -0.39 is 48.0 Å². The first-order valence-corrected chi connectivity index (χ1v) is 11.3. The number of hydrogen-bond donors (Lipinski definition) is 2. The van der Waals surface area contributed by atoms with E-state index in [0.29, 0.717) is 27.6 Å². The summed E-state index contributed by atoms with van der Waals surface area (Å²) < 4.78 is 50.1. The van der Waals surface area contributed by atoms with Crippen LogP contribution in [0.5, 0.6) is 0 Å². The van der Waals surface area contributed by atoms with Gasteiger partial charge in [-0.05, 0) is 18.2 Å². The molecular weight excluding hydrogens is 524 g/mol. The fourth-order valence-corrected chi connectivity index (χ4v) is 4.11. The second-order valence-electron chi connectivity index (χ2n) is 8.37. The normalized spacial score (nSPS) is 15.1. The van der Waals surface area contributed by atoms with Crippen LogP contribution in [0.1, 0.15) is 5.56 Å². The molecular formula is C22H15B2ClF3N7O3. The molecule has 0 bridgehead atoms. The predicted octanol–water partition coefficient (Wildman–Crippen LogP) is 1.56. The van der Waals surface area contributed by atoms with Crippen LogP contribution in [0.4, 0.5) is 24.8 Å². The van der Waals surface area contributed by atoms with Crippen LogP contribution in [0.15, 0.2) is 51.4 Å². The summed E-state index contributed by atoms with van der Waals surface area (Å²) in [6.07, 6.45) is 0.726. The number of nitrogens with one attached hydrogen (secondary N) is 2. The Balaban J connectivity index is 1.63. The lowest BCUT2D eigenvalue weighted by Crippen LogP contribution is -2.44. The Morgan fingerprint density at radius 2 is 1.84 bits per heavy atom. The van der Waals surface area contributed by atoms with Gasteiger partial charge >= 0.3 is 11.4 Å². The third-order valence-electron chi connectivity index (χ3n) is 5.71. The zero-order valence-electron chi connectivity index (χ0n) is 19.5. The number of halogens is 4. The van der Waals surface area contributed by atoms with Gasteiger partial charge in [0.15, 0.2) is 27.3 Å². The van der Waals surface area contributed by atoms with Gasteiger partial charge in [-0.1, -0.05) is 11.6 Å². The van der Waals surface area contributed by atoms with Crippen LogP contribution in [0.25, 0.3) is 10.9 Å². The molecule has 10 nitrogen and oxygen atoms in total. The molecule has 16 heteroatoms. The molecule has 4 radical (unpaired) electrons. The van der Waals surface area contributed by atoms with Crippen molar-refractivity contribution in [2.75, 3.05) is 5.32 Å². The molecule has 0 fully saturated rings. The highest BCUT2D eigenvalue weighted by molar-refractivity contribution is 6.34. The van der Waals surface area contributed by atoms with Crippen molar-refractivity contribution in [3.05, 3.63) is 90.8 Å². The van der Waals surface area contributed by atoms with Crippen molar-refractivity contribution in [1.82, 2.24) is 29.2 Å². The molecule has 0 amide bonds. The van der Waals surface area contributed by atoms with Gasteiger partial charge < -0.3 is 15.4 Å². The number of nitrogens with zero attached hydrogens (tertiary/aromatic N) is 5. The minimum Gasteiger partial charge on any atom is -0.495 e. The van der Waals surface area contributed by atoms with Crippen LogP contribution in [0.3, 0.4) is 0 Å². The zero-order valence-corrected chi connectivity index (χ0v) is 20.3. The standard InChI is InChI=1S/C22H15B2ClF3N7O3/c1-33-6-10-3-16(11(25)4-15(10)32-33)30-20-31-21(36)35(8-17-18(23)38-19(24)29-17)22(37)34(20)7-9-2-13(27)14(28)5-12(9)26/h2-6,19,29H,7-8H2,1H3,(H,30,31,36). The summed E-state index contributed by atoms with van der Waals surface area (Å²) >= 11 is 6.38. The van der Waals surface area contributed by atoms with Gasteiger partial charge in [0.05, 0.1) is 40.7 Å². The Morgan fingerprint density at radius 1 is 1.11 bits per heavy atom. The Labute approximate surface area is 219 Å². The monoisotopic (exact) mass is 539 g/mol. The molecule has 1 aliphatic rings. The Morgan fingerprint density at radius 3 is 2.55 bits per heavy atom. The topological polar surface area (TPSA) is 108 Å². The van der Waals surface area contributed by atoms with Crippen molar-refractivity contribution in [3.63, 3.8) is 0 Å². The van der Waals surface area contributed by atoms with E-state index in [1.165, 1.54) is 0 Å². The van der Waals surface area contributed by atoms with Crippen molar-refractivity contribution in [2.45, 2.75) is 19.2 Å². The summed E-state index contributed by atoms with van der Waals surface area (Å²) in [4.78, 5) is 30.3. The molecule has 2 N–H and O–H groups in total. The predicted molar refractivity (Wildman–Crippen MR) is 134 cm³/mol. The number of anilines is 2. The summed E-state index contributed by atoms with van der Waals surface area (Å²) in [7, 11) is 13.1. The van der Waals surface area contributed by atoms with Crippen LogP contribution in [0.2, 0.25) is 5.02 Å². The van der Waals surface area contributed by atoms with Crippen molar-refractivity contribution >= 4 is 49.8 Å². The van der Waals surface area contributed by atoms with E-state index in [4.69, 9.17) is 32.0 Å². The van der Waals surface area contributed by atoms with Crippen LogP contribution in [-0.2, 0) is 24.9 Å². The molecule has 5 rings (SSSR count). The number of hydrogen-bond acceptors (Lipinski definition) is 7. The molecule has 4 aromatic rings. The average molecular weight is 539 g/mol. The summed E-state index contributed by atoms with van der Waals surface area (Å²) in [6.45, 7) is -1.03. The average Bonchev–Trinajstić information content (AvgIpc) is 3.36. The number of fused-ring (bicyclic) bond motifs is 1. The van der Waals surface area contributed by atoms with Gasteiger partial charge in [0.25, 0.3) is 0 Å². The minimum absolute atomic E-state index is 0.134. The van der Waals surface area contributed by atoms with E-state index in [2.05, 4.69) is 20.7 Å². The van der Waals surface area contributed by atoms with Gasteiger partial charge in [-0.3, -0.25) is 9.25 Å². The maximum atomic E-state index is 14.5. The van der Waals surface area contributed by atoms with Crippen LogP contribution in [-0.4, -0.2) is 45.7 Å². The van der Waals surface area contributed by atoms with E-state index in [1.807, 2.05) is 0 Å². The molecule has 0 aliphatic carbocycles. The summed E-state index contributed by atoms with van der Waals surface area (Å²) in [5.74, 6) is -4.17. The second-order valence-corrected chi connectivity index (χ2v) is 8.78. The van der Waals surface area contributed by atoms with Crippen molar-refractivity contribution in [1.29, 1.82) is 0 Å². The zero-order chi connectivity index (χ0) is 27.3. The van der Waals surface area contributed by atoms with E-state index in [-0.39, 0.29) is 33.6 Å². The highest BCUT2D eigenvalue weighted by atomic mass is 35.5. The third kappa shape index (κ3) is 4.76. The lowest BCUT2D eigenvalue weighted by Gasteiger charge is -2.17. The first kappa shape index (κ1) is 25.5. The number of aryl methyl sites for hydroxylation is 1. The fraction of sp³-hybridized carbons (Fsp3) is 0.182. The number of aromatic nitrogens is 5. The molecule has 0 spiro atoms. The van der Waals surface area contributed by atoms with Gasteiger partial charge in [0.1, 0.15) is 11.9 Å². The van der Waals surface area contributed by atoms with E-state index in [1.54, 1.807) is 30.1 Å². The minimum atomic E-state index is -1.40. The van der Waals surface area contributed by atoms with Gasteiger partial charge in [0.2, 0.25) is 5.95 Å². The fourth-order valence-electron chi connectivity index (χ4n) is 3.91. The van der Waals surface area contributed by atoms with E-state index in [9.17, 15) is 22.8 Å². The SMILES string of the molecule is [B]C1=C(Cn2c(=O)nc(Nc3cc4cn(C)nc4cc3Cl)n(Cc3cc(F)c(F)cc3F)c2=O)NC([B])O1. The van der Waals surface area contributed by atoms with Crippen LogP contribution < -0.4 is 22.0 Å². The van der Waals surface area contributed by atoms with Crippen LogP contribution >= 0.6 is 11.6 Å². The maximum Gasteiger partial charge on any atom is 0.355 e. The maximum absolute atomic E-state index is 14.5. The van der Waals surface area contributed by atoms with Gasteiger partial charge in [-0.25, -0.2) is 27.3 Å². The Kier molecular flexibility index (Phi) is 6.47. The number of rotatable bonds is 6. The van der Waals surface area contributed by atoms with Crippen molar-refractivity contribution < 1.29 is 17.9 Å². The van der Waals surface area contributed by atoms with Crippen LogP contribution in [0, 0.1) is 17.5 Å². The Bertz CT molecular complexity index is 1760. The van der Waals surface area contributed by atoms with E-state index >= 15 is 0 Å². The molecule has 2 aromatic heterocycles. The van der Waals surface area contributed by atoms with Gasteiger partial charge in [-0.15, -0.1) is 0 Å². The molecule has 1 aliphatic heterocycles. The molecule has 1 unspecified atom stereocenters. The molecule has 0 saturated carbocycles. The van der Waals surface area contributed by atoms with E-state index in [0.717, 1.165) is 4.57 Å².